The van der Waals surface area contributed by atoms with Crippen LogP contribution >= 0.6 is 0 Å². The number of carbonyl (C=O) groups is 1. The van der Waals surface area contributed by atoms with Gasteiger partial charge in [0.1, 0.15) is 5.52 Å². The molecule has 28 heavy (non-hydrogen) atoms. The molecule has 146 valence electrons. The van der Waals surface area contributed by atoms with E-state index in [0.29, 0.717) is 16.5 Å². The first kappa shape index (κ1) is 19.5. The average molecular weight is 390 g/mol. The number of halogens is 3. The fraction of sp³-hybridized carbons (Fsp3) is 0.263. The highest BCUT2D eigenvalue weighted by atomic mass is 19.4. The molecule has 1 amide bonds. The van der Waals surface area contributed by atoms with Crippen molar-refractivity contribution in [3.63, 3.8) is 0 Å². The number of nitrogens with one attached hydrogen (secondary N) is 1. The maximum atomic E-state index is 12.8. The number of hydrogen-bond acceptors (Lipinski definition) is 4. The van der Waals surface area contributed by atoms with Crippen molar-refractivity contribution in [3.05, 3.63) is 70.0 Å². The summed E-state index contributed by atoms with van der Waals surface area (Å²) in [6.07, 6.45) is -4.46. The summed E-state index contributed by atoms with van der Waals surface area (Å²) in [7, 11) is 0. The van der Waals surface area contributed by atoms with Crippen molar-refractivity contribution in [3.8, 4) is 0 Å². The molecule has 3 aromatic rings. The van der Waals surface area contributed by atoms with Crippen molar-refractivity contribution in [1.29, 1.82) is 0 Å². The lowest BCUT2D eigenvalue weighted by Gasteiger charge is -2.26. The van der Waals surface area contributed by atoms with E-state index in [1.807, 2.05) is 0 Å². The van der Waals surface area contributed by atoms with Gasteiger partial charge in [-0.3, -0.25) is 9.59 Å². The minimum Gasteiger partial charge on any atom is -0.347 e. The molecule has 9 heteroatoms. The molecular weight excluding hydrogens is 373 g/mol. The number of alkyl halides is 3. The van der Waals surface area contributed by atoms with Crippen LogP contribution in [0.4, 0.5) is 13.2 Å². The summed E-state index contributed by atoms with van der Waals surface area (Å²) in [5, 5.41) is 11.0. The quantitative estimate of drug-likeness (QED) is 0.742. The molecule has 1 N–H and O–H groups in total. The lowest BCUT2D eigenvalue weighted by Crippen LogP contribution is -2.37. The minimum absolute atomic E-state index is 0.360. The smallest absolute Gasteiger partial charge is 0.347 e. The third-order valence-corrected chi connectivity index (χ3v) is 4.42. The molecule has 0 fully saturated rings. The summed E-state index contributed by atoms with van der Waals surface area (Å²) in [5.74, 6) is -0.390. The van der Waals surface area contributed by atoms with Crippen LogP contribution in [-0.2, 0) is 11.0 Å². The number of aromatic nitrogens is 3. The predicted molar refractivity (Wildman–Crippen MR) is 96.5 cm³/mol. The lowest BCUT2D eigenvalue weighted by molar-refractivity contribution is -0.137. The molecule has 0 aliphatic heterocycles. The standard InChI is InChI=1S/C19H17F3N4O2/c1-11(26-18(28)15-5-3-4-6-16(15)24-25-26)17(23-12(2)27)13-7-9-14(10-8-13)19(20,21)22/h3-11,17H,1-2H3,(H,23,27)/t11-,17+/m0/s1. The fourth-order valence-electron chi connectivity index (χ4n) is 2.99. The summed E-state index contributed by atoms with van der Waals surface area (Å²) >= 11 is 0. The van der Waals surface area contributed by atoms with Crippen molar-refractivity contribution in [2.75, 3.05) is 0 Å². The highest BCUT2D eigenvalue weighted by molar-refractivity contribution is 5.76. The van der Waals surface area contributed by atoms with Crippen LogP contribution in [-0.4, -0.2) is 20.9 Å². The van der Waals surface area contributed by atoms with E-state index in [4.69, 9.17) is 0 Å². The molecule has 0 unspecified atom stereocenters. The zero-order valence-electron chi connectivity index (χ0n) is 15.1. The number of nitrogens with zero attached hydrogens (tertiary/aromatic N) is 3. The first-order chi connectivity index (χ1) is 13.2. The van der Waals surface area contributed by atoms with Gasteiger partial charge in [-0.05, 0) is 36.8 Å². The monoisotopic (exact) mass is 390 g/mol. The number of fused-ring (bicyclic) bond motifs is 1. The van der Waals surface area contributed by atoms with Crippen LogP contribution in [0.25, 0.3) is 10.9 Å². The highest BCUT2D eigenvalue weighted by Gasteiger charge is 2.31. The molecule has 2 atom stereocenters. The third-order valence-electron chi connectivity index (χ3n) is 4.42. The Labute approximate surface area is 158 Å². The van der Waals surface area contributed by atoms with E-state index in [2.05, 4.69) is 15.6 Å². The molecule has 0 bridgehead atoms. The van der Waals surface area contributed by atoms with Crippen molar-refractivity contribution < 1.29 is 18.0 Å². The van der Waals surface area contributed by atoms with Gasteiger partial charge in [-0.2, -0.15) is 13.2 Å². The van der Waals surface area contributed by atoms with Crippen molar-refractivity contribution in [1.82, 2.24) is 20.3 Å². The van der Waals surface area contributed by atoms with E-state index in [9.17, 15) is 22.8 Å². The van der Waals surface area contributed by atoms with Crippen LogP contribution < -0.4 is 10.9 Å². The van der Waals surface area contributed by atoms with Crippen LogP contribution in [0.1, 0.15) is 37.1 Å². The van der Waals surface area contributed by atoms with Crippen LogP contribution in [0.15, 0.2) is 53.3 Å². The molecule has 2 aromatic carbocycles. The van der Waals surface area contributed by atoms with Gasteiger partial charge < -0.3 is 5.32 Å². The van der Waals surface area contributed by atoms with E-state index in [1.165, 1.54) is 19.1 Å². The second kappa shape index (κ2) is 7.41. The molecule has 1 aromatic heterocycles. The Bertz CT molecular complexity index is 1060. The van der Waals surface area contributed by atoms with Gasteiger partial charge in [0.2, 0.25) is 5.91 Å². The molecular formula is C19H17F3N4O2. The third kappa shape index (κ3) is 3.88. The SMILES string of the molecule is CC(=O)N[C@@H](c1ccc(C(F)(F)F)cc1)[C@H](C)n1nnc2ccccc2c1=O. The summed E-state index contributed by atoms with van der Waals surface area (Å²) in [6.45, 7) is 2.93. The van der Waals surface area contributed by atoms with Crippen LogP contribution in [0.2, 0.25) is 0 Å². The summed E-state index contributed by atoms with van der Waals surface area (Å²) < 4.78 is 39.6. The molecule has 0 radical (unpaired) electrons. The van der Waals surface area contributed by atoms with Gasteiger partial charge in [-0.15, -0.1) is 5.10 Å². The maximum absolute atomic E-state index is 12.8. The zero-order chi connectivity index (χ0) is 20.5. The molecule has 0 aliphatic carbocycles. The number of rotatable bonds is 4. The minimum atomic E-state index is -4.46. The van der Waals surface area contributed by atoms with Gasteiger partial charge >= 0.3 is 6.18 Å². The topological polar surface area (TPSA) is 76.9 Å². The second-order valence-electron chi connectivity index (χ2n) is 6.39. The van der Waals surface area contributed by atoms with E-state index >= 15 is 0 Å². The van der Waals surface area contributed by atoms with E-state index < -0.39 is 35.3 Å². The van der Waals surface area contributed by atoms with Crippen LogP contribution in [0.3, 0.4) is 0 Å². The summed E-state index contributed by atoms with van der Waals surface area (Å²) in [4.78, 5) is 24.4. The van der Waals surface area contributed by atoms with E-state index in [0.717, 1.165) is 16.8 Å². The van der Waals surface area contributed by atoms with Gasteiger partial charge in [-0.1, -0.05) is 29.5 Å². The van der Waals surface area contributed by atoms with Gasteiger partial charge in [0.15, 0.2) is 0 Å². The van der Waals surface area contributed by atoms with Crippen molar-refractivity contribution in [2.45, 2.75) is 32.1 Å². The van der Waals surface area contributed by atoms with Crippen molar-refractivity contribution >= 4 is 16.8 Å². The van der Waals surface area contributed by atoms with Crippen LogP contribution in [0.5, 0.6) is 0 Å². The Kier molecular flexibility index (Phi) is 5.17. The molecule has 0 saturated heterocycles. The lowest BCUT2D eigenvalue weighted by atomic mass is 9.98. The second-order valence-corrected chi connectivity index (χ2v) is 6.39. The number of hydrogen-bond donors (Lipinski definition) is 1. The molecule has 0 saturated carbocycles. The van der Waals surface area contributed by atoms with E-state index in [-0.39, 0.29) is 0 Å². The average Bonchev–Trinajstić information content (AvgIpc) is 2.65. The molecule has 3 rings (SSSR count). The zero-order valence-corrected chi connectivity index (χ0v) is 15.1. The Hall–Kier alpha value is -3.23. The highest BCUT2D eigenvalue weighted by Crippen LogP contribution is 2.31. The molecule has 0 aliphatic rings. The van der Waals surface area contributed by atoms with Crippen molar-refractivity contribution in [2.24, 2.45) is 0 Å². The first-order valence-corrected chi connectivity index (χ1v) is 8.47. The summed E-state index contributed by atoms with van der Waals surface area (Å²) in [5.41, 5.74) is -0.354. The van der Waals surface area contributed by atoms with Crippen LogP contribution in [0, 0.1) is 0 Å². The Morgan fingerprint density at radius 2 is 1.75 bits per heavy atom. The van der Waals surface area contributed by atoms with Gasteiger partial charge in [0.25, 0.3) is 5.56 Å². The van der Waals surface area contributed by atoms with Gasteiger partial charge in [0, 0.05) is 6.92 Å². The molecule has 6 nitrogen and oxygen atoms in total. The maximum Gasteiger partial charge on any atom is 0.416 e. The number of carbonyl (C=O) groups excluding carboxylic acids is 1. The summed E-state index contributed by atoms with van der Waals surface area (Å²) in [6, 6.07) is 9.66. The van der Waals surface area contributed by atoms with Gasteiger partial charge in [-0.25, -0.2) is 4.68 Å². The number of benzene rings is 2. The fourth-order valence-corrected chi connectivity index (χ4v) is 2.99. The number of amides is 1. The Morgan fingerprint density at radius 3 is 2.36 bits per heavy atom. The first-order valence-electron chi connectivity index (χ1n) is 8.47. The Balaban J connectivity index is 2.03. The normalized spacial score (nSPS) is 13.9. The predicted octanol–water partition coefficient (Wildman–Crippen LogP) is 3.25. The van der Waals surface area contributed by atoms with E-state index in [1.54, 1.807) is 31.2 Å². The molecule has 1 heterocycles. The Morgan fingerprint density at radius 1 is 1.11 bits per heavy atom. The molecule has 0 spiro atoms. The van der Waals surface area contributed by atoms with Gasteiger partial charge in [0.05, 0.1) is 23.0 Å². The largest absolute Gasteiger partial charge is 0.416 e.